The highest BCUT2D eigenvalue weighted by atomic mass is 16.5. The Hall–Kier alpha value is -2.75. The fourth-order valence-electron chi connectivity index (χ4n) is 3.24. The van der Waals surface area contributed by atoms with Gasteiger partial charge in [-0.1, -0.05) is 30.3 Å². The summed E-state index contributed by atoms with van der Waals surface area (Å²) >= 11 is 0. The second-order valence-corrected chi connectivity index (χ2v) is 6.04. The monoisotopic (exact) mass is 319 g/mol. The highest BCUT2D eigenvalue weighted by Crippen LogP contribution is 2.34. The Morgan fingerprint density at radius 3 is 2.54 bits per heavy atom. The molecule has 0 unspecified atom stereocenters. The standard InChI is InChI=1S/C20H21N3O/c1-24-17-12-10-16(11-13-17)23-20-18(9-5-6-14-21-20)19(22-23)15-7-3-2-4-8-15/h2-4,7-8,10-13,21H,5-6,9,14H2,1H3. The number of ether oxygens (including phenoxy) is 1. The average molecular weight is 319 g/mol. The molecule has 24 heavy (non-hydrogen) atoms. The van der Waals surface area contributed by atoms with Crippen LogP contribution in [0.1, 0.15) is 18.4 Å². The summed E-state index contributed by atoms with van der Waals surface area (Å²) in [4.78, 5) is 0. The van der Waals surface area contributed by atoms with E-state index in [0.717, 1.165) is 35.9 Å². The number of methoxy groups -OCH3 is 1. The van der Waals surface area contributed by atoms with E-state index in [1.165, 1.54) is 24.0 Å². The van der Waals surface area contributed by atoms with Crippen molar-refractivity contribution in [2.45, 2.75) is 19.3 Å². The van der Waals surface area contributed by atoms with Crippen LogP contribution in [0, 0.1) is 0 Å². The number of aromatic nitrogens is 2. The summed E-state index contributed by atoms with van der Waals surface area (Å²) in [6.45, 7) is 0.989. The molecule has 0 aliphatic carbocycles. The summed E-state index contributed by atoms with van der Waals surface area (Å²) in [6.07, 6.45) is 3.43. The van der Waals surface area contributed by atoms with Gasteiger partial charge >= 0.3 is 0 Å². The number of nitrogens with zero attached hydrogens (tertiary/aromatic N) is 2. The van der Waals surface area contributed by atoms with Gasteiger partial charge in [0.25, 0.3) is 0 Å². The average Bonchev–Trinajstić information content (AvgIpc) is 2.84. The third-order valence-corrected chi connectivity index (χ3v) is 4.49. The van der Waals surface area contributed by atoms with Gasteiger partial charge in [-0.15, -0.1) is 0 Å². The van der Waals surface area contributed by atoms with Crippen LogP contribution in [0.15, 0.2) is 54.6 Å². The van der Waals surface area contributed by atoms with Gasteiger partial charge in [-0.3, -0.25) is 0 Å². The minimum absolute atomic E-state index is 0.855. The van der Waals surface area contributed by atoms with Crippen molar-refractivity contribution >= 4 is 5.82 Å². The van der Waals surface area contributed by atoms with Crippen molar-refractivity contribution in [3.63, 3.8) is 0 Å². The van der Waals surface area contributed by atoms with Crippen molar-refractivity contribution in [3.8, 4) is 22.7 Å². The molecular weight excluding hydrogens is 298 g/mol. The van der Waals surface area contributed by atoms with Gasteiger partial charge in [0.05, 0.1) is 18.5 Å². The van der Waals surface area contributed by atoms with Crippen LogP contribution in [0.3, 0.4) is 0 Å². The molecule has 4 nitrogen and oxygen atoms in total. The number of rotatable bonds is 3. The predicted molar refractivity (Wildman–Crippen MR) is 97.0 cm³/mol. The molecule has 2 aromatic carbocycles. The predicted octanol–water partition coefficient (Wildman–Crippen LogP) is 4.30. The maximum Gasteiger partial charge on any atom is 0.133 e. The molecule has 0 atom stereocenters. The topological polar surface area (TPSA) is 39.1 Å². The van der Waals surface area contributed by atoms with Crippen molar-refractivity contribution in [3.05, 3.63) is 60.2 Å². The highest BCUT2D eigenvalue weighted by Gasteiger charge is 2.21. The Labute approximate surface area is 142 Å². The molecule has 1 N–H and O–H groups in total. The van der Waals surface area contributed by atoms with Crippen LogP contribution in [0.2, 0.25) is 0 Å². The van der Waals surface area contributed by atoms with Crippen LogP contribution in [-0.2, 0) is 6.42 Å². The van der Waals surface area contributed by atoms with Crippen molar-refractivity contribution in [2.24, 2.45) is 0 Å². The zero-order chi connectivity index (χ0) is 16.4. The molecule has 2 heterocycles. The van der Waals surface area contributed by atoms with Crippen molar-refractivity contribution < 1.29 is 4.74 Å². The van der Waals surface area contributed by atoms with E-state index in [1.54, 1.807) is 7.11 Å². The van der Waals surface area contributed by atoms with Crippen LogP contribution in [-0.4, -0.2) is 23.4 Å². The van der Waals surface area contributed by atoms with Gasteiger partial charge in [-0.2, -0.15) is 5.10 Å². The lowest BCUT2D eigenvalue weighted by Crippen LogP contribution is -2.07. The number of hydrogen-bond acceptors (Lipinski definition) is 3. The molecular formula is C20H21N3O. The fourth-order valence-corrected chi connectivity index (χ4v) is 3.24. The molecule has 4 rings (SSSR count). The smallest absolute Gasteiger partial charge is 0.133 e. The lowest BCUT2D eigenvalue weighted by Gasteiger charge is -2.09. The molecule has 0 spiro atoms. The molecule has 122 valence electrons. The maximum atomic E-state index is 5.27. The lowest BCUT2D eigenvalue weighted by atomic mass is 10.0. The van der Waals surface area contributed by atoms with Crippen LogP contribution in [0.25, 0.3) is 16.9 Å². The molecule has 0 amide bonds. The second kappa shape index (κ2) is 6.40. The Kier molecular flexibility index (Phi) is 3.95. The van der Waals surface area contributed by atoms with Gasteiger partial charge in [-0.25, -0.2) is 4.68 Å². The quantitative estimate of drug-likeness (QED) is 0.782. The number of benzene rings is 2. The molecule has 0 radical (unpaired) electrons. The van der Waals surface area contributed by atoms with Crippen LogP contribution < -0.4 is 10.1 Å². The summed E-state index contributed by atoms with van der Waals surface area (Å²) in [6, 6.07) is 18.5. The minimum Gasteiger partial charge on any atom is -0.497 e. The number of fused-ring (bicyclic) bond motifs is 1. The molecule has 1 aliphatic heterocycles. The molecule has 0 saturated carbocycles. The normalized spacial score (nSPS) is 13.7. The largest absolute Gasteiger partial charge is 0.497 e. The second-order valence-electron chi connectivity index (χ2n) is 6.04. The molecule has 4 heteroatoms. The van der Waals surface area contributed by atoms with Gasteiger partial charge < -0.3 is 10.1 Å². The van der Waals surface area contributed by atoms with Crippen molar-refractivity contribution in [1.29, 1.82) is 0 Å². The molecule has 1 aliphatic rings. The Balaban J connectivity index is 1.86. The molecule has 0 bridgehead atoms. The number of nitrogens with one attached hydrogen (secondary N) is 1. The fraction of sp³-hybridized carbons (Fsp3) is 0.250. The van der Waals surface area contributed by atoms with E-state index in [1.807, 2.05) is 35.0 Å². The first kappa shape index (κ1) is 14.8. The summed E-state index contributed by atoms with van der Waals surface area (Å²) < 4.78 is 7.30. The first-order chi connectivity index (χ1) is 11.9. The zero-order valence-electron chi connectivity index (χ0n) is 13.8. The molecule has 3 aromatic rings. The molecule has 0 fully saturated rings. The Bertz CT molecular complexity index is 822. The van der Waals surface area contributed by atoms with Crippen molar-refractivity contribution in [2.75, 3.05) is 19.0 Å². The minimum atomic E-state index is 0.855. The maximum absolute atomic E-state index is 5.27. The van der Waals surface area contributed by atoms with Crippen molar-refractivity contribution in [1.82, 2.24) is 9.78 Å². The van der Waals surface area contributed by atoms with Crippen LogP contribution in [0.5, 0.6) is 5.75 Å². The van der Waals surface area contributed by atoms with Gasteiger partial charge in [0.15, 0.2) is 0 Å². The van der Waals surface area contributed by atoms with Crippen LogP contribution >= 0.6 is 0 Å². The third-order valence-electron chi connectivity index (χ3n) is 4.49. The first-order valence-electron chi connectivity index (χ1n) is 8.42. The third kappa shape index (κ3) is 2.64. The Morgan fingerprint density at radius 2 is 1.79 bits per heavy atom. The van der Waals surface area contributed by atoms with E-state index in [-0.39, 0.29) is 0 Å². The molecule has 1 aromatic heterocycles. The molecule has 0 saturated heterocycles. The van der Waals surface area contributed by atoms with Gasteiger partial charge in [0.2, 0.25) is 0 Å². The van der Waals surface area contributed by atoms with E-state index < -0.39 is 0 Å². The van der Waals surface area contributed by atoms with Crippen LogP contribution in [0.4, 0.5) is 5.82 Å². The SMILES string of the molecule is COc1ccc(-n2nc(-c3ccccc3)c3c2NCCCC3)cc1. The zero-order valence-corrected chi connectivity index (χ0v) is 13.8. The number of hydrogen-bond donors (Lipinski definition) is 1. The van der Waals surface area contributed by atoms with Gasteiger partial charge in [0.1, 0.15) is 11.6 Å². The summed E-state index contributed by atoms with van der Waals surface area (Å²) in [5.41, 5.74) is 4.61. The van der Waals surface area contributed by atoms with E-state index in [0.29, 0.717) is 0 Å². The Morgan fingerprint density at radius 1 is 1.00 bits per heavy atom. The highest BCUT2D eigenvalue weighted by molar-refractivity contribution is 5.71. The van der Waals surface area contributed by atoms with Gasteiger partial charge in [-0.05, 0) is 43.5 Å². The van der Waals surface area contributed by atoms with E-state index in [4.69, 9.17) is 9.84 Å². The summed E-state index contributed by atoms with van der Waals surface area (Å²) in [5.74, 6) is 1.98. The summed E-state index contributed by atoms with van der Waals surface area (Å²) in [7, 11) is 1.68. The van der Waals surface area contributed by atoms with E-state index in [9.17, 15) is 0 Å². The summed E-state index contributed by atoms with van der Waals surface area (Å²) in [5, 5.41) is 8.52. The van der Waals surface area contributed by atoms with E-state index in [2.05, 4.69) is 29.6 Å². The van der Waals surface area contributed by atoms with E-state index >= 15 is 0 Å². The van der Waals surface area contributed by atoms with Gasteiger partial charge in [0, 0.05) is 17.7 Å². The lowest BCUT2D eigenvalue weighted by molar-refractivity contribution is 0.414. The number of anilines is 1. The first-order valence-corrected chi connectivity index (χ1v) is 8.42.